The van der Waals surface area contributed by atoms with Crippen molar-refractivity contribution in [1.29, 1.82) is 0 Å². The SMILES string of the molecule is Cc1cccc(-n2cc(CNC(C)C)nn2)c1F. The molecule has 2 aromatic rings. The topological polar surface area (TPSA) is 42.7 Å². The highest BCUT2D eigenvalue weighted by Gasteiger charge is 2.09. The first kappa shape index (κ1) is 12.7. The second-order valence-corrected chi connectivity index (χ2v) is 4.60. The van der Waals surface area contributed by atoms with Gasteiger partial charge in [-0.1, -0.05) is 31.2 Å². The summed E-state index contributed by atoms with van der Waals surface area (Å²) in [6, 6.07) is 5.61. The maximum Gasteiger partial charge on any atom is 0.151 e. The Morgan fingerprint density at radius 2 is 2.17 bits per heavy atom. The standard InChI is InChI=1S/C13H17FN4/c1-9(2)15-7-11-8-18(17-16-11)12-6-4-5-10(3)13(12)14/h4-6,8-9,15H,7H2,1-3H3. The Hall–Kier alpha value is -1.75. The van der Waals surface area contributed by atoms with Crippen LogP contribution in [-0.4, -0.2) is 21.0 Å². The number of nitrogens with zero attached hydrogens (tertiary/aromatic N) is 3. The summed E-state index contributed by atoms with van der Waals surface area (Å²) in [7, 11) is 0. The Labute approximate surface area is 106 Å². The van der Waals surface area contributed by atoms with E-state index in [0.29, 0.717) is 23.8 Å². The number of hydrogen-bond acceptors (Lipinski definition) is 3. The van der Waals surface area contributed by atoms with Gasteiger partial charge in [-0.25, -0.2) is 9.07 Å². The van der Waals surface area contributed by atoms with Gasteiger partial charge in [0.2, 0.25) is 0 Å². The molecule has 4 nitrogen and oxygen atoms in total. The Morgan fingerprint density at radius 3 is 2.89 bits per heavy atom. The molecule has 0 aliphatic rings. The number of nitrogens with one attached hydrogen (secondary N) is 1. The molecule has 18 heavy (non-hydrogen) atoms. The summed E-state index contributed by atoms with van der Waals surface area (Å²) in [6.45, 7) is 6.48. The van der Waals surface area contributed by atoms with Gasteiger partial charge in [-0.15, -0.1) is 5.10 Å². The maximum absolute atomic E-state index is 13.9. The van der Waals surface area contributed by atoms with Crippen LogP contribution >= 0.6 is 0 Å². The summed E-state index contributed by atoms with van der Waals surface area (Å²) in [5, 5.41) is 11.2. The average Bonchev–Trinajstić information content (AvgIpc) is 2.78. The summed E-state index contributed by atoms with van der Waals surface area (Å²) in [6.07, 6.45) is 1.74. The minimum absolute atomic E-state index is 0.259. The first-order chi connectivity index (χ1) is 8.58. The minimum Gasteiger partial charge on any atom is -0.309 e. The van der Waals surface area contributed by atoms with Gasteiger partial charge in [0.1, 0.15) is 5.69 Å². The van der Waals surface area contributed by atoms with Crippen molar-refractivity contribution in [3.05, 3.63) is 41.5 Å². The van der Waals surface area contributed by atoms with Crippen molar-refractivity contribution in [3.8, 4) is 5.69 Å². The molecule has 0 saturated heterocycles. The Bertz CT molecular complexity index is 534. The van der Waals surface area contributed by atoms with Crippen LogP contribution in [-0.2, 0) is 6.54 Å². The number of aromatic nitrogens is 3. The lowest BCUT2D eigenvalue weighted by Gasteiger charge is -2.05. The van der Waals surface area contributed by atoms with Gasteiger partial charge in [-0.2, -0.15) is 0 Å². The summed E-state index contributed by atoms with van der Waals surface area (Å²) in [4.78, 5) is 0. The van der Waals surface area contributed by atoms with E-state index in [2.05, 4.69) is 29.5 Å². The van der Waals surface area contributed by atoms with E-state index < -0.39 is 0 Å². The van der Waals surface area contributed by atoms with Gasteiger partial charge in [0.05, 0.1) is 11.9 Å². The molecule has 1 N–H and O–H groups in total. The van der Waals surface area contributed by atoms with Gasteiger partial charge >= 0.3 is 0 Å². The zero-order valence-corrected chi connectivity index (χ0v) is 10.8. The zero-order chi connectivity index (χ0) is 13.1. The summed E-state index contributed by atoms with van der Waals surface area (Å²) in [5.41, 5.74) is 1.83. The van der Waals surface area contributed by atoms with E-state index in [1.807, 2.05) is 6.07 Å². The van der Waals surface area contributed by atoms with Crippen LogP contribution < -0.4 is 5.32 Å². The molecule has 0 bridgehead atoms. The Balaban J connectivity index is 2.21. The fourth-order valence-electron chi connectivity index (χ4n) is 1.61. The monoisotopic (exact) mass is 248 g/mol. The van der Waals surface area contributed by atoms with E-state index in [-0.39, 0.29) is 5.82 Å². The third-order valence-corrected chi connectivity index (χ3v) is 2.65. The molecule has 5 heteroatoms. The largest absolute Gasteiger partial charge is 0.309 e. The molecule has 1 aromatic heterocycles. The highest BCUT2D eigenvalue weighted by Crippen LogP contribution is 2.15. The van der Waals surface area contributed by atoms with Crippen molar-refractivity contribution in [3.63, 3.8) is 0 Å². The van der Waals surface area contributed by atoms with E-state index in [0.717, 1.165) is 5.69 Å². The molecule has 0 fully saturated rings. The van der Waals surface area contributed by atoms with Gasteiger partial charge < -0.3 is 5.32 Å². The van der Waals surface area contributed by atoms with Crippen LogP contribution in [0.15, 0.2) is 24.4 Å². The van der Waals surface area contributed by atoms with Crippen molar-refractivity contribution in [2.24, 2.45) is 0 Å². The molecule has 0 atom stereocenters. The number of rotatable bonds is 4. The van der Waals surface area contributed by atoms with Gasteiger partial charge in [0.15, 0.2) is 5.82 Å². The summed E-state index contributed by atoms with van der Waals surface area (Å²) >= 11 is 0. The second-order valence-electron chi connectivity index (χ2n) is 4.60. The molecule has 1 aromatic carbocycles. The number of halogens is 1. The smallest absolute Gasteiger partial charge is 0.151 e. The lowest BCUT2D eigenvalue weighted by atomic mass is 10.2. The zero-order valence-electron chi connectivity index (χ0n) is 10.8. The van der Waals surface area contributed by atoms with Crippen molar-refractivity contribution in [2.75, 3.05) is 0 Å². The van der Waals surface area contributed by atoms with Crippen molar-refractivity contribution < 1.29 is 4.39 Å². The maximum atomic E-state index is 13.9. The fourth-order valence-corrected chi connectivity index (χ4v) is 1.61. The van der Waals surface area contributed by atoms with E-state index in [4.69, 9.17) is 0 Å². The van der Waals surface area contributed by atoms with Crippen LogP contribution in [0.1, 0.15) is 25.1 Å². The van der Waals surface area contributed by atoms with Gasteiger partial charge in [-0.3, -0.25) is 0 Å². The second kappa shape index (κ2) is 5.27. The van der Waals surface area contributed by atoms with Gasteiger partial charge in [-0.05, 0) is 18.6 Å². The summed E-state index contributed by atoms with van der Waals surface area (Å²) in [5.74, 6) is -0.259. The molecular formula is C13H17FN4. The molecule has 0 unspecified atom stereocenters. The molecule has 1 heterocycles. The molecule has 0 radical (unpaired) electrons. The van der Waals surface area contributed by atoms with Crippen LogP contribution in [0.4, 0.5) is 4.39 Å². The number of benzene rings is 1. The van der Waals surface area contributed by atoms with E-state index >= 15 is 0 Å². The van der Waals surface area contributed by atoms with Gasteiger partial charge in [0, 0.05) is 12.6 Å². The van der Waals surface area contributed by atoms with Crippen molar-refractivity contribution in [2.45, 2.75) is 33.4 Å². The van der Waals surface area contributed by atoms with Crippen LogP contribution in [0.5, 0.6) is 0 Å². The first-order valence-electron chi connectivity index (χ1n) is 5.98. The third-order valence-electron chi connectivity index (χ3n) is 2.65. The quantitative estimate of drug-likeness (QED) is 0.902. The lowest BCUT2D eigenvalue weighted by molar-refractivity contribution is 0.580. The highest BCUT2D eigenvalue weighted by atomic mass is 19.1. The van der Waals surface area contributed by atoms with Crippen LogP contribution in [0.2, 0.25) is 0 Å². The third kappa shape index (κ3) is 2.73. The van der Waals surface area contributed by atoms with E-state index in [9.17, 15) is 4.39 Å². The van der Waals surface area contributed by atoms with Crippen LogP contribution in [0.3, 0.4) is 0 Å². The van der Waals surface area contributed by atoms with Crippen LogP contribution in [0, 0.1) is 12.7 Å². The minimum atomic E-state index is -0.259. The number of hydrogen-bond donors (Lipinski definition) is 1. The predicted molar refractivity (Wildman–Crippen MR) is 68.0 cm³/mol. The number of aryl methyl sites for hydroxylation is 1. The Morgan fingerprint density at radius 1 is 1.39 bits per heavy atom. The summed E-state index contributed by atoms with van der Waals surface area (Å²) < 4.78 is 15.4. The molecule has 2 rings (SSSR count). The predicted octanol–water partition coefficient (Wildman–Crippen LogP) is 2.21. The van der Waals surface area contributed by atoms with Crippen molar-refractivity contribution in [1.82, 2.24) is 20.3 Å². The molecule has 0 amide bonds. The van der Waals surface area contributed by atoms with Crippen molar-refractivity contribution >= 4 is 0 Å². The molecule has 96 valence electrons. The fraction of sp³-hybridized carbons (Fsp3) is 0.385. The molecule has 0 saturated carbocycles. The van der Waals surface area contributed by atoms with Crippen LogP contribution in [0.25, 0.3) is 5.69 Å². The van der Waals surface area contributed by atoms with E-state index in [1.54, 1.807) is 25.3 Å². The first-order valence-corrected chi connectivity index (χ1v) is 5.98. The molecular weight excluding hydrogens is 231 g/mol. The normalized spacial score (nSPS) is 11.2. The molecule has 0 aliphatic heterocycles. The van der Waals surface area contributed by atoms with E-state index in [1.165, 1.54) is 4.68 Å². The average molecular weight is 248 g/mol. The highest BCUT2D eigenvalue weighted by molar-refractivity contribution is 5.36. The van der Waals surface area contributed by atoms with Gasteiger partial charge in [0.25, 0.3) is 0 Å². The lowest BCUT2D eigenvalue weighted by Crippen LogP contribution is -2.21. The molecule has 0 aliphatic carbocycles. The molecule has 0 spiro atoms. The Kier molecular flexibility index (Phi) is 3.72.